The fourth-order valence-corrected chi connectivity index (χ4v) is 1.70. The Morgan fingerprint density at radius 1 is 1.33 bits per heavy atom. The standard InChI is InChI=1S/C13H15F3N2O3/c14-13(15,16)9-3-1-2-8(6-9)7-18-10(12(20)21)4-5-11(17)19/h1-3,6,10,18H,4-5,7H2,(H2,17,19)(H,20,21)/t10-/m0/s1. The van der Waals surface area contributed by atoms with Gasteiger partial charge in [0.1, 0.15) is 6.04 Å². The average Bonchev–Trinajstić information content (AvgIpc) is 2.37. The molecule has 0 aliphatic heterocycles. The molecule has 0 aliphatic rings. The Morgan fingerprint density at radius 3 is 2.52 bits per heavy atom. The summed E-state index contributed by atoms with van der Waals surface area (Å²) in [5.74, 6) is -1.83. The first-order chi connectivity index (χ1) is 9.70. The summed E-state index contributed by atoms with van der Waals surface area (Å²) in [6.45, 7) is -0.0559. The number of aliphatic carboxylic acids is 1. The number of nitrogens with one attached hydrogen (secondary N) is 1. The Bertz CT molecular complexity index is 518. The van der Waals surface area contributed by atoms with Crippen molar-refractivity contribution in [2.45, 2.75) is 31.6 Å². The van der Waals surface area contributed by atoms with Gasteiger partial charge in [-0.3, -0.25) is 9.59 Å². The molecule has 1 rings (SSSR count). The molecule has 116 valence electrons. The van der Waals surface area contributed by atoms with Gasteiger partial charge in [0.25, 0.3) is 0 Å². The van der Waals surface area contributed by atoms with Crippen LogP contribution < -0.4 is 11.1 Å². The first-order valence-electron chi connectivity index (χ1n) is 6.11. The van der Waals surface area contributed by atoms with Gasteiger partial charge < -0.3 is 16.2 Å². The van der Waals surface area contributed by atoms with Crippen LogP contribution in [0.3, 0.4) is 0 Å². The third-order valence-electron chi connectivity index (χ3n) is 2.78. The van der Waals surface area contributed by atoms with E-state index >= 15 is 0 Å². The van der Waals surface area contributed by atoms with Crippen molar-refractivity contribution in [2.24, 2.45) is 5.73 Å². The molecule has 0 saturated heterocycles. The molecule has 5 nitrogen and oxygen atoms in total. The normalized spacial score (nSPS) is 12.9. The smallest absolute Gasteiger partial charge is 0.416 e. The number of amides is 1. The zero-order chi connectivity index (χ0) is 16.0. The SMILES string of the molecule is NC(=O)CC[C@H](NCc1cccc(C(F)(F)F)c1)C(=O)O. The number of rotatable bonds is 7. The van der Waals surface area contributed by atoms with Crippen molar-refractivity contribution >= 4 is 11.9 Å². The molecular weight excluding hydrogens is 289 g/mol. The minimum Gasteiger partial charge on any atom is -0.480 e. The van der Waals surface area contributed by atoms with Crippen LogP contribution in [0.25, 0.3) is 0 Å². The number of carboxylic acid groups (broad SMARTS) is 1. The van der Waals surface area contributed by atoms with E-state index < -0.39 is 29.7 Å². The van der Waals surface area contributed by atoms with Gasteiger partial charge in [0.05, 0.1) is 5.56 Å². The van der Waals surface area contributed by atoms with Crippen molar-refractivity contribution in [1.82, 2.24) is 5.32 Å². The molecule has 0 spiro atoms. The molecule has 0 fully saturated rings. The zero-order valence-corrected chi connectivity index (χ0v) is 11.0. The van der Waals surface area contributed by atoms with Crippen LogP contribution in [0, 0.1) is 0 Å². The molecule has 8 heteroatoms. The highest BCUT2D eigenvalue weighted by molar-refractivity contribution is 5.77. The van der Waals surface area contributed by atoms with Crippen molar-refractivity contribution in [2.75, 3.05) is 0 Å². The second kappa shape index (κ2) is 7.07. The van der Waals surface area contributed by atoms with Crippen LogP contribution >= 0.6 is 0 Å². The number of carbonyl (C=O) groups is 2. The number of carbonyl (C=O) groups excluding carboxylic acids is 1. The molecule has 21 heavy (non-hydrogen) atoms. The van der Waals surface area contributed by atoms with E-state index in [2.05, 4.69) is 5.32 Å². The lowest BCUT2D eigenvalue weighted by atomic mass is 10.1. The van der Waals surface area contributed by atoms with E-state index in [9.17, 15) is 22.8 Å². The van der Waals surface area contributed by atoms with E-state index in [0.717, 1.165) is 12.1 Å². The molecule has 4 N–H and O–H groups in total. The van der Waals surface area contributed by atoms with Gasteiger partial charge in [0, 0.05) is 13.0 Å². The van der Waals surface area contributed by atoms with Crippen LogP contribution in [0.1, 0.15) is 24.0 Å². The van der Waals surface area contributed by atoms with Crippen LogP contribution in [0.15, 0.2) is 24.3 Å². The summed E-state index contributed by atoms with van der Waals surface area (Å²) in [7, 11) is 0. The van der Waals surface area contributed by atoms with Crippen molar-refractivity contribution in [3.05, 3.63) is 35.4 Å². The predicted molar refractivity (Wildman–Crippen MR) is 68.1 cm³/mol. The molecule has 0 unspecified atom stereocenters. The highest BCUT2D eigenvalue weighted by Gasteiger charge is 2.30. The number of carboxylic acids is 1. The van der Waals surface area contributed by atoms with Crippen molar-refractivity contribution in [3.63, 3.8) is 0 Å². The van der Waals surface area contributed by atoms with Crippen LogP contribution in [0.5, 0.6) is 0 Å². The monoisotopic (exact) mass is 304 g/mol. The number of alkyl halides is 3. The zero-order valence-electron chi connectivity index (χ0n) is 11.0. The lowest BCUT2D eigenvalue weighted by Crippen LogP contribution is -2.37. The molecule has 1 amide bonds. The summed E-state index contributed by atoms with van der Waals surface area (Å²) in [4.78, 5) is 21.6. The maximum atomic E-state index is 12.5. The molecule has 1 atom stereocenters. The first-order valence-corrected chi connectivity index (χ1v) is 6.11. The molecular formula is C13H15F3N2O3. The van der Waals surface area contributed by atoms with Gasteiger partial charge in [-0.1, -0.05) is 18.2 Å². The van der Waals surface area contributed by atoms with Crippen molar-refractivity contribution < 1.29 is 27.9 Å². The molecule has 0 aliphatic carbocycles. The first kappa shape index (κ1) is 17.0. The summed E-state index contributed by atoms with van der Waals surface area (Å²) in [5, 5.41) is 11.5. The Labute approximate surface area is 118 Å². The van der Waals surface area contributed by atoms with Crippen LogP contribution in [-0.4, -0.2) is 23.0 Å². The lowest BCUT2D eigenvalue weighted by molar-refractivity contribution is -0.140. The summed E-state index contributed by atoms with van der Waals surface area (Å²) >= 11 is 0. The summed E-state index contributed by atoms with van der Waals surface area (Å²) in [5.41, 5.74) is 4.43. The second-order valence-electron chi connectivity index (χ2n) is 4.47. The van der Waals surface area contributed by atoms with Gasteiger partial charge in [0.15, 0.2) is 0 Å². The minimum absolute atomic E-state index is 0.0242. The van der Waals surface area contributed by atoms with Gasteiger partial charge in [-0.05, 0) is 18.1 Å². The van der Waals surface area contributed by atoms with Crippen LogP contribution in [0.4, 0.5) is 13.2 Å². The maximum absolute atomic E-state index is 12.5. The quantitative estimate of drug-likeness (QED) is 0.712. The molecule has 0 bridgehead atoms. The molecule has 0 saturated carbocycles. The number of benzene rings is 1. The average molecular weight is 304 g/mol. The lowest BCUT2D eigenvalue weighted by Gasteiger charge is -2.14. The van der Waals surface area contributed by atoms with Crippen molar-refractivity contribution in [1.29, 1.82) is 0 Å². The number of hydrogen-bond acceptors (Lipinski definition) is 3. The number of nitrogens with two attached hydrogens (primary N) is 1. The van der Waals surface area contributed by atoms with Gasteiger partial charge in [-0.2, -0.15) is 13.2 Å². The number of primary amides is 1. The largest absolute Gasteiger partial charge is 0.480 e. The van der Waals surface area contributed by atoms with E-state index in [1.54, 1.807) is 0 Å². The highest BCUT2D eigenvalue weighted by atomic mass is 19.4. The molecule has 1 aromatic rings. The van der Waals surface area contributed by atoms with E-state index in [-0.39, 0.29) is 19.4 Å². The minimum atomic E-state index is -4.45. The van der Waals surface area contributed by atoms with E-state index in [1.807, 2.05) is 0 Å². The van der Waals surface area contributed by atoms with Crippen molar-refractivity contribution in [3.8, 4) is 0 Å². The van der Waals surface area contributed by atoms with E-state index in [4.69, 9.17) is 10.8 Å². The fraction of sp³-hybridized carbons (Fsp3) is 0.385. The Kier molecular flexibility index (Phi) is 5.71. The molecule has 0 heterocycles. The fourth-order valence-electron chi connectivity index (χ4n) is 1.70. The number of halogens is 3. The third kappa shape index (κ3) is 5.82. The van der Waals surface area contributed by atoms with Crippen LogP contribution in [-0.2, 0) is 22.3 Å². The summed E-state index contributed by atoms with van der Waals surface area (Å²) < 4.78 is 37.6. The summed E-state index contributed by atoms with van der Waals surface area (Å²) in [6, 6.07) is 3.53. The van der Waals surface area contributed by atoms with E-state index in [1.165, 1.54) is 12.1 Å². The Hall–Kier alpha value is -2.09. The third-order valence-corrected chi connectivity index (χ3v) is 2.78. The summed E-state index contributed by atoms with van der Waals surface area (Å²) in [6.07, 6.45) is -4.59. The molecule has 0 aromatic heterocycles. The molecule has 0 radical (unpaired) electrons. The molecule has 1 aromatic carbocycles. The van der Waals surface area contributed by atoms with Gasteiger partial charge in [-0.15, -0.1) is 0 Å². The van der Waals surface area contributed by atoms with E-state index in [0.29, 0.717) is 5.56 Å². The maximum Gasteiger partial charge on any atom is 0.416 e. The Morgan fingerprint density at radius 2 is 2.00 bits per heavy atom. The number of hydrogen-bond donors (Lipinski definition) is 3. The second-order valence-corrected chi connectivity index (χ2v) is 4.47. The predicted octanol–water partition coefficient (Wildman–Crippen LogP) is 1.51. The van der Waals surface area contributed by atoms with Gasteiger partial charge in [0.2, 0.25) is 5.91 Å². The van der Waals surface area contributed by atoms with Gasteiger partial charge >= 0.3 is 12.1 Å². The van der Waals surface area contributed by atoms with Crippen LogP contribution in [0.2, 0.25) is 0 Å². The topological polar surface area (TPSA) is 92.4 Å². The highest BCUT2D eigenvalue weighted by Crippen LogP contribution is 2.29. The Balaban J connectivity index is 2.67. The van der Waals surface area contributed by atoms with Gasteiger partial charge in [-0.25, -0.2) is 0 Å².